The number of alkyl halides is 3. The molecular weight excluding hydrogens is 309 g/mol. The minimum atomic E-state index is -4.93. The van der Waals surface area contributed by atoms with Gasteiger partial charge in [-0.1, -0.05) is 18.2 Å². The van der Waals surface area contributed by atoms with Crippen LogP contribution in [0.4, 0.5) is 18.9 Å². The number of hydrogen-bond acceptors (Lipinski definition) is 3. The average molecular weight is 320 g/mol. The van der Waals surface area contributed by atoms with E-state index in [1.54, 1.807) is 0 Å². The van der Waals surface area contributed by atoms with Crippen LogP contribution in [-0.4, -0.2) is 24.1 Å². The largest absolute Gasteiger partial charge is 0.471 e. The monoisotopic (exact) mass is 320 g/mol. The maximum Gasteiger partial charge on any atom is 0.471 e. The Balaban J connectivity index is 1.98. The zero-order valence-corrected chi connectivity index (χ0v) is 12.0. The third kappa shape index (κ3) is 2.90. The molecule has 0 spiro atoms. The Morgan fingerprint density at radius 2 is 1.83 bits per heavy atom. The summed E-state index contributed by atoms with van der Waals surface area (Å²) in [5.74, 6) is -1.58. The predicted molar refractivity (Wildman–Crippen MR) is 78.9 cm³/mol. The fourth-order valence-electron chi connectivity index (χ4n) is 2.13. The summed E-state index contributed by atoms with van der Waals surface area (Å²) in [6.45, 7) is 0. The standard InChI is InChI=1S/C16H11F3N2O2/c1-21(15(22)16(17,18)19)11-7-8-12-13(9-11)23-14(20-12)10-5-3-2-4-6-10/h2-9H,1H3. The van der Waals surface area contributed by atoms with Gasteiger partial charge in [-0.2, -0.15) is 13.2 Å². The molecule has 23 heavy (non-hydrogen) atoms. The Labute approximate surface area is 129 Å². The van der Waals surface area contributed by atoms with Gasteiger partial charge in [0.2, 0.25) is 5.89 Å². The zero-order chi connectivity index (χ0) is 16.6. The van der Waals surface area contributed by atoms with Crippen molar-refractivity contribution in [2.24, 2.45) is 0 Å². The second-order valence-electron chi connectivity index (χ2n) is 4.90. The molecule has 3 rings (SSSR count). The Bertz CT molecular complexity index is 857. The molecule has 0 aliphatic rings. The van der Waals surface area contributed by atoms with Gasteiger partial charge in [-0.25, -0.2) is 4.98 Å². The first-order valence-corrected chi connectivity index (χ1v) is 6.67. The lowest BCUT2D eigenvalue weighted by atomic mass is 10.2. The molecule has 118 valence electrons. The molecule has 0 aliphatic carbocycles. The first-order chi connectivity index (χ1) is 10.9. The van der Waals surface area contributed by atoms with Crippen molar-refractivity contribution in [2.45, 2.75) is 6.18 Å². The number of anilines is 1. The van der Waals surface area contributed by atoms with Gasteiger partial charge in [0.15, 0.2) is 5.58 Å². The van der Waals surface area contributed by atoms with Crippen LogP contribution in [-0.2, 0) is 4.79 Å². The predicted octanol–water partition coefficient (Wildman–Crippen LogP) is 4.02. The molecule has 0 saturated carbocycles. The minimum absolute atomic E-state index is 0.0792. The van der Waals surface area contributed by atoms with Crippen LogP contribution in [0.15, 0.2) is 52.9 Å². The SMILES string of the molecule is CN(C(=O)C(F)(F)F)c1ccc2nc(-c3ccccc3)oc2c1. The topological polar surface area (TPSA) is 46.3 Å². The highest BCUT2D eigenvalue weighted by molar-refractivity contribution is 5.98. The molecule has 0 radical (unpaired) electrons. The second-order valence-corrected chi connectivity index (χ2v) is 4.90. The van der Waals surface area contributed by atoms with Gasteiger partial charge >= 0.3 is 12.1 Å². The van der Waals surface area contributed by atoms with Crippen molar-refractivity contribution in [3.63, 3.8) is 0 Å². The summed E-state index contributed by atoms with van der Waals surface area (Å²) in [5.41, 5.74) is 1.64. The molecule has 0 unspecified atom stereocenters. The summed E-state index contributed by atoms with van der Waals surface area (Å²) in [4.78, 5) is 16.1. The molecule has 0 atom stereocenters. The molecule has 1 heterocycles. The summed E-state index contributed by atoms with van der Waals surface area (Å²) in [7, 11) is 1.06. The highest BCUT2D eigenvalue weighted by atomic mass is 19.4. The summed E-state index contributed by atoms with van der Waals surface area (Å²) in [6, 6.07) is 13.4. The Morgan fingerprint density at radius 1 is 1.13 bits per heavy atom. The van der Waals surface area contributed by atoms with Crippen molar-refractivity contribution in [2.75, 3.05) is 11.9 Å². The fraction of sp³-hybridized carbons (Fsp3) is 0.125. The lowest BCUT2D eigenvalue weighted by molar-refractivity contribution is -0.170. The van der Waals surface area contributed by atoms with Crippen LogP contribution in [0.2, 0.25) is 0 Å². The maximum absolute atomic E-state index is 12.5. The van der Waals surface area contributed by atoms with E-state index in [4.69, 9.17) is 4.42 Å². The van der Waals surface area contributed by atoms with Gasteiger partial charge in [0.05, 0.1) is 0 Å². The number of aromatic nitrogens is 1. The third-order valence-electron chi connectivity index (χ3n) is 3.33. The molecule has 0 aliphatic heterocycles. The number of rotatable bonds is 2. The van der Waals surface area contributed by atoms with Crippen LogP contribution < -0.4 is 4.90 Å². The smallest absolute Gasteiger partial charge is 0.436 e. The van der Waals surface area contributed by atoms with Crippen molar-refractivity contribution in [1.82, 2.24) is 4.98 Å². The maximum atomic E-state index is 12.5. The summed E-state index contributed by atoms with van der Waals surface area (Å²) < 4.78 is 43.1. The molecular formula is C16H11F3N2O2. The first kappa shape index (κ1) is 15.1. The average Bonchev–Trinajstić information content (AvgIpc) is 2.96. The van der Waals surface area contributed by atoms with Crippen LogP contribution in [0.25, 0.3) is 22.6 Å². The van der Waals surface area contributed by atoms with Gasteiger partial charge in [0.1, 0.15) is 5.52 Å². The van der Waals surface area contributed by atoms with Gasteiger partial charge in [-0.3, -0.25) is 4.79 Å². The van der Waals surface area contributed by atoms with Gasteiger partial charge < -0.3 is 9.32 Å². The Kier molecular flexibility index (Phi) is 3.55. The van der Waals surface area contributed by atoms with Crippen LogP contribution in [0.5, 0.6) is 0 Å². The van der Waals surface area contributed by atoms with Crippen molar-refractivity contribution < 1.29 is 22.4 Å². The number of carbonyl (C=O) groups is 1. The number of oxazole rings is 1. The van der Waals surface area contributed by atoms with Crippen molar-refractivity contribution >= 4 is 22.7 Å². The van der Waals surface area contributed by atoms with E-state index in [0.717, 1.165) is 12.6 Å². The second kappa shape index (κ2) is 5.42. The van der Waals surface area contributed by atoms with Gasteiger partial charge in [0, 0.05) is 24.4 Å². The van der Waals surface area contributed by atoms with Crippen LogP contribution in [0.1, 0.15) is 0 Å². The number of carbonyl (C=O) groups excluding carboxylic acids is 1. The zero-order valence-electron chi connectivity index (χ0n) is 12.0. The molecule has 0 N–H and O–H groups in total. The number of nitrogens with zero attached hydrogens (tertiary/aromatic N) is 2. The van der Waals surface area contributed by atoms with Gasteiger partial charge in [0.25, 0.3) is 0 Å². The lowest BCUT2D eigenvalue weighted by Crippen LogP contribution is -2.38. The van der Waals surface area contributed by atoms with E-state index in [0.29, 0.717) is 21.9 Å². The lowest BCUT2D eigenvalue weighted by Gasteiger charge is -2.18. The molecule has 3 aromatic rings. The highest BCUT2D eigenvalue weighted by Gasteiger charge is 2.41. The normalized spacial score (nSPS) is 11.7. The Morgan fingerprint density at radius 3 is 2.48 bits per heavy atom. The van der Waals surface area contributed by atoms with E-state index in [-0.39, 0.29) is 5.69 Å². The molecule has 7 heteroatoms. The van der Waals surface area contributed by atoms with Crippen molar-refractivity contribution in [3.8, 4) is 11.5 Å². The number of benzene rings is 2. The van der Waals surface area contributed by atoms with Gasteiger partial charge in [-0.05, 0) is 24.3 Å². The van der Waals surface area contributed by atoms with Crippen LogP contribution >= 0.6 is 0 Å². The third-order valence-corrected chi connectivity index (χ3v) is 3.33. The van der Waals surface area contributed by atoms with Crippen molar-refractivity contribution in [3.05, 3.63) is 48.5 Å². The fourth-order valence-corrected chi connectivity index (χ4v) is 2.13. The van der Waals surface area contributed by atoms with Gasteiger partial charge in [-0.15, -0.1) is 0 Å². The van der Waals surface area contributed by atoms with Crippen LogP contribution in [0, 0.1) is 0 Å². The van der Waals surface area contributed by atoms with E-state index in [1.165, 1.54) is 18.2 Å². The molecule has 2 aromatic carbocycles. The molecule has 0 saturated heterocycles. The molecule has 0 fully saturated rings. The summed E-state index contributed by atoms with van der Waals surface area (Å²) in [6.07, 6.45) is -4.93. The minimum Gasteiger partial charge on any atom is -0.436 e. The summed E-state index contributed by atoms with van der Waals surface area (Å²) in [5, 5.41) is 0. The van der Waals surface area contributed by atoms with Crippen molar-refractivity contribution in [1.29, 1.82) is 0 Å². The van der Waals surface area contributed by atoms with E-state index in [1.807, 2.05) is 30.3 Å². The first-order valence-electron chi connectivity index (χ1n) is 6.67. The molecule has 1 amide bonds. The van der Waals surface area contributed by atoms with E-state index >= 15 is 0 Å². The highest BCUT2D eigenvalue weighted by Crippen LogP contribution is 2.29. The molecule has 1 aromatic heterocycles. The molecule has 4 nitrogen and oxygen atoms in total. The quantitative estimate of drug-likeness (QED) is 0.716. The van der Waals surface area contributed by atoms with E-state index in [2.05, 4.69) is 4.98 Å². The number of halogens is 3. The van der Waals surface area contributed by atoms with Crippen LogP contribution in [0.3, 0.4) is 0 Å². The van der Waals surface area contributed by atoms with E-state index in [9.17, 15) is 18.0 Å². The number of fused-ring (bicyclic) bond motifs is 1. The Hall–Kier alpha value is -2.83. The number of amides is 1. The summed E-state index contributed by atoms with van der Waals surface area (Å²) >= 11 is 0. The van der Waals surface area contributed by atoms with E-state index < -0.39 is 12.1 Å². The number of hydrogen-bond donors (Lipinski definition) is 0. The molecule has 0 bridgehead atoms.